The number of carbonyl (C=O) groups excluding carboxylic acids is 1. The Morgan fingerprint density at radius 3 is 2.35 bits per heavy atom. The number of hydrogen-bond donors (Lipinski definition) is 0. The molecule has 3 rings (SSSR count). The van der Waals surface area contributed by atoms with Crippen LogP contribution in [0.3, 0.4) is 0 Å². The standard InChI is InChI=1S/C20H27N5O/c1-3-4-12-23(2)18-8-6-17(7-9-18)19(26)24-13-15-25(16-14-24)20-21-10-5-11-22-20/h5-11H,3-4,12-16H2,1-2H3. The third-order valence-electron chi connectivity index (χ3n) is 4.80. The normalized spacial score (nSPS) is 14.4. The zero-order valence-corrected chi connectivity index (χ0v) is 15.6. The first kappa shape index (κ1) is 18.2. The van der Waals surface area contributed by atoms with Gasteiger partial charge in [-0.05, 0) is 36.8 Å². The molecule has 0 bridgehead atoms. The van der Waals surface area contributed by atoms with Crippen molar-refractivity contribution in [3.8, 4) is 0 Å². The van der Waals surface area contributed by atoms with Crippen LogP contribution < -0.4 is 9.80 Å². The second-order valence-corrected chi connectivity index (χ2v) is 6.65. The molecule has 0 radical (unpaired) electrons. The van der Waals surface area contributed by atoms with Crippen LogP contribution in [0.25, 0.3) is 0 Å². The van der Waals surface area contributed by atoms with Gasteiger partial charge in [-0.3, -0.25) is 4.79 Å². The highest BCUT2D eigenvalue weighted by Crippen LogP contribution is 2.17. The number of unbranched alkanes of at least 4 members (excludes halogenated alkanes) is 1. The highest BCUT2D eigenvalue weighted by atomic mass is 16.2. The van der Waals surface area contributed by atoms with E-state index in [1.807, 2.05) is 35.2 Å². The van der Waals surface area contributed by atoms with Crippen LogP contribution in [-0.2, 0) is 0 Å². The summed E-state index contributed by atoms with van der Waals surface area (Å²) in [6, 6.07) is 9.76. The van der Waals surface area contributed by atoms with Crippen molar-refractivity contribution in [3.05, 3.63) is 48.3 Å². The number of rotatable bonds is 6. The molecular formula is C20H27N5O. The van der Waals surface area contributed by atoms with Crippen LogP contribution >= 0.6 is 0 Å². The van der Waals surface area contributed by atoms with Crippen molar-refractivity contribution in [3.63, 3.8) is 0 Å². The Bertz CT molecular complexity index is 696. The molecule has 0 unspecified atom stereocenters. The second kappa shape index (κ2) is 8.65. The predicted molar refractivity (Wildman–Crippen MR) is 105 cm³/mol. The number of aromatic nitrogens is 2. The number of carbonyl (C=O) groups is 1. The van der Waals surface area contributed by atoms with Gasteiger partial charge in [0.15, 0.2) is 0 Å². The van der Waals surface area contributed by atoms with E-state index in [1.165, 1.54) is 12.8 Å². The zero-order valence-electron chi connectivity index (χ0n) is 15.6. The lowest BCUT2D eigenvalue weighted by atomic mass is 10.1. The smallest absolute Gasteiger partial charge is 0.253 e. The summed E-state index contributed by atoms with van der Waals surface area (Å²) in [6.07, 6.45) is 5.85. The van der Waals surface area contributed by atoms with Crippen molar-refractivity contribution < 1.29 is 4.79 Å². The molecule has 1 aliphatic heterocycles. The van der Waals surface area contributed by atoms with E-state index < -0.39 is 0 Å². The lowest BCUT2D eigenvalue weighted by Gasteiger charge is -2.34. The van der Waals surface area contributed by atoms with Crippen molar-refractivity contribution in [2.45, 2.75) is 19.8 Å². The van der Waals surface area contributed by atoms with E-state index in [2.05, 4.69) is 33.7 Å². The molecule has 1 fully saturated rings. The van der Waals surface area contributed by atoms with Gasteiger partial charge in [-0.2, -0.15) is 0 Å². The average Bonchev–Trinajstić information content (AvgIpc) is 2.72. The molecule has 2 aromatic rings. The largest absolute Gasteiger partial charge is 0.375 e. The summed E-state index contributed by atoms with van der Waals surface area (Å²) in [5, 5.41) is 0. The maximum Gasteiger partial charge on any atom is 0.253 e. The molecule has 1 saturated heterocycles. The fourth-order valence-corrected chi connectivity index (χ4v) is 3.13. The van der Waals surface area contributed by atoms with Crippen LogP contribution in [0.2, 0.25) is 0 Å². The fourth-order valence-electron chi connectivity index (χ4n) is 3.13. The van der Waals surface area contributed by atoms with Crippen LogP contribution in [0.4, 0.5) is 11.6 Å². The minimum absolute atomic E-state index is 0.0985. The molecule has 0 spiro atoms. The maximum atomic E-state index is 12.8. The lowest BCUT2D eigenvalue weighted by molar-refractivity contribution is 0.0746. The Labute approximate surface area is 155 Å². The highest BCUT2D eigenvalue weighted by Gasteiger charge is 2.23. The second-order valence-electron chi connectivity index (χ2n) is 6.65. The van der Waals surface area contributed by atoms with Crippen molar-refractivity contribution in [1.82, 2.24) is 14.9 Å². The summed E-state index contributed by atoms with van der Waals surface area (Å²) in [6.45, 7) is 6.12. The maximum absolute atomic E-state index is 12.8. The molecule has 1 amide bonds. The minimum Gasteiger partial charge on any atom is -0.375 e. The van der Waals surface area contributed by atoms with Gasteiger partial charge in [-0.15, -0.1) is 0 Å². The van der Waals surface area contributed by atoms with Gasteiger partial charge >= 0.3 is 0 Å². The molecule has 0 N–H and O–H groups in total. The molecule has 1 aromatic carbocycles. The lowest BCUT2D eigenvalue weighted by Crippen LogP contribution is -2.49. The van der Waals surface area contributed by atoms with E-state index in [-0.39, 0.29) is 5.91 Å². The van der Waals surface area contributed by atoms with E-state index in [0.29, 0.717) is 13.1 Å². The summed E-state index contributed by atoms with van der Waals surface area (Å²) < 4.78 is 0. The quantitative estimate of drug-likeness (QED) is 0.799. The summed E-state index contributed by atoms with van der Waals surface area (Å²) >= 11 is 0. The monoisotopic (exact) mass is 353 g/mol. The van der Waals surface area contributed by atoms with Crippen LogP contribution in [0.5, 0.6) is 0 Å². The molecule has 1 aromatic heterocycles. The fraction of sp³-hybridized carbons (Fsp3) is 0.450. The van der Waals surface area contributed by atoms with Crippen molar-refractivity contribution >= 4 is 17.5 Å². The Morgan fingerprint density at radius 2 is 1.73 bits per heavy atom. The first-order valence-corrected chi connectivity index (χ1v) is 9.31. The van der Waals surface area contributed by atoms with Crippen molar-refractivity contribution in [2.24, 2.45) is 0 Å². The van der Waals surface area contributed by atoms with Gasteiger partial charge < -0.3 is 14.7 Å². The Morgan fingerprint density at radius 1 is 1.08 bits per heavy atom. The Balaban J connectivity index is 1.56. The Kier molecular flexibility index (Phi) is 6.04. The summed E-state index contributed by atoms with van der Waals surface area (Å²) in [7, 11) is 2.09. The highest BCUT2D eigenvalue weighted by molar-refractivity contribution is 5.94. The van der Waals surface area contributed by atoms with Gasteiger partial charge in [0.05, 0.1) is 0 Å². The molecule has 1 aliphatic rings. The van der Waals surface area contributed by atoms with E-state index in [9.17, 15) is 4.79 Å². The third kappa shape index (κ3) is 4.31. The molecule has 26 heavy (non-hydrogen) atoms. The van der Waals surface area contributed by atoms with Crippen molar-refractivity contribution in [1.29, 1.82) is 0 Å². The average molecular weight is 353 g/mol. The van der Waals surface area contributed by atoms with E-state index in [1.54, 1.807) is 12.4 Å². The van der Waals surface area contributed by atoms with Gasteiger partial charge in [-0.25, -0.2) is 9.97 Å². The zero-order chi connectivity index (χ0) is 18.4. The number of anilines is 2. The molecule has 0 atom stereocenters. The topological polar surface area (TPSA) is 52.6 Å². The van der Waals surface area contributed by atoms with Crippen molar-refractivity contribution in [2.75, 3.05) is 49.6 Å². The number of nitrogens with zero attached hydrogens (tertiary/aromatic N) is 5. The predicted octanol–water partition coefficient (Wildman–Crippen LogP) is 2.68. The first-order chi connectivity index (χ1) is 12.7. The van der Waals surface area contributed by atoms with Gasteiger partial charge in [-0.1, -0.05) is 13.3 Å². The third-order valence-corrected chi connectivity index (χ3v) is 4.80. The molecule has 0 aliphatic carbocycles. The molecule has 6 heteroatoms. The van der Waals surface area contributed by atoms with E-state index >= 15 is 0 Å². The molecular weight excluding hydrogens is 326 g/mol. The van der Waals surface area contributed by atoms with Crippen LogP contribution in [0.15, 0.2) is 42.7 Å². The van der Waals surface area contributed by atoms with Crippen LogP contribution in [-0.4, -0.2) is 60.5 Å². The van der Waals surface area contributed by atoms with Gasteiger partial charge in [0.25, 0.3) is 5.91 Å². The van der Waals surface area contributed by atoms with Gasteiger partial charge in [0.1, 0.15) is 0 Å². The molecule has 138 valence electrons. The number of benzene rings is 1. The van der Waals surface area contributed by atoms with E-state index in [0.717, 1.165) is 36.8 Å². The van der Waals surface area contributed by atoms with Crippen LogP contribution in [0, 0.1) is 0 Å². The van der Waals surface area contributed by atoms with E-state index in [4.69, 9.17) is 0 Å². The molecule has 2 heterocycles. The SMILES string of the molecule is CCCCN(C)c1ccc(C(=O)N2CCN(c3ncccn3)CC2)cc1. The molecule has 6 nitrogen and oxygen atoms in total. The first-order valence-electron chi connectivity index (χ1n) is 9.31. The summed E-state index contributed by atoms with van der Waals surface area (Å²) in [4.78, 5) is 27.6. The van der Waals surface area contributed by atoms with Crippen LogP contribution in [0.1, 0.15) is 30.1 Å². The summed E-state index contributed by atoms with van der Waals surface area (Å²) in [5.41, 5.74) is 1.91. The Hall–Kier alpha value is -2.63. The minimum atomic E-state index is 0.0985. The van der Waals surface area contributed by atoms with Gasteiger partial charge in [0.2, 0.25) is 5.95 Å². The summed E-state index contributed by atoms with van der Waals surface area (Å²) in [5.74, 6) is 0.834. The molecule has 0 saturated carbocycles. The number of amides is 1. The number of piperazine rings is 1. The van der Waals surface area contributed by atoms with Gasteiger partial charge in [0, 0.05) is 63.4 Å². The number of hydrogen-bond acceptors (Lipinski definition) is 5.